The topological polar surface area (TPSA) is 90.3 Å². The van der Waals surface area contributed by atoms with Gasteiger partial charge >= 0.3 is 5.97 Å². The van der Waals surface area contributed by atoms with Gasteiger partial charge in [0.2, 0.25) is 0 Å². The van der Waals surface area contributed by atoms with Crippen molar-refractivity contribution in [1.82, 2.24) is 9.55 Å². The Bertz CT molecular complexity index is 1100. The van der Waals surface area contributed by atoms with Crippen molar-refractivity contribution >= 4 is 28.5 Å². The van der Waals surface area contributed by atoms with E-state index in [4.69, 9.17) is 4.74 Å². The van der Waals surface area contributed by atoms with Crippen molar-refractivity contribution in [3.05, 3.63) is 70.3 Å². The minimum atomic E-state index is -1.00. The highest BCUT2D eigenvalue weighted by Gasteiger charge is 2.19. The Hall–Kier alpha value is -3.48. The van der Waals surface area contributed by atoms with Crippen LogP contribution in [0.1, 0.15) is 18.1 Å². The largest absolute Gasteiger partial charge is 0.451 e. The molecule has 1 heterocycles. The lowest BCUT2D eigenvalue weighted by Gasteiger charge is -2.15. The number of ether oxygens (including phenoxy) is 1. The fraction of sp³-hybridized carbons (Fsp3) is 0.238. The molecule has 1 amide bonds. The van der Waals surface area contributed by atoms with Gasteiger partial charge in [-0.05, 0) is 50.1 Å². The minimum absolute atomic E-state index is 0.322. The van der Waals surface area contributed by atoms with Crippen molar-refractivity contribution in [3.8, 4) is 0 Å². The lowest BCUT2D eigenvalue weighted by atomic mass is 10.1. The van der Waals surface area contributed by atoms with Crippen LogP contribution in [0.5, 0.6) is 0 Å². The van der Waals surface area contributed by atoms with E-state index in [1.54, 1.807) is 24.3 Å². The van der Waals surface area contributed by atoms with E-state index in [1.165, 1.54) is 17.8 Å². The zero-order valence-corrected chi connectivity index (χ0v) is 15.9. The molecular formula is C21H21N3O4. The second-order valence-electron chi connectivity index (χ2n) is 6.63. The van der Waals surface area contributed by atoms with Crippen LogP contribution in [0, 0.1) is 13.8 Å². The summed E-state index contributed by atoms with van der Waals surface area (Å²) in [6, 6.07) is 12.6. The first-order valence-corrected chi connectivity index (χ1v) is 8.87. The Morgan fingerprint density at radius 3 is 2.71 bits per heavy atom. The first-order chi connectivity index (χ1) is 13.3. The fourth-order valence-electron chi connectivity index (χ4n) is 2.75. The Labute approximate surface area is 162 Å². The fourth-order valence-corrected chi connectivity index (χ4v) is 2.75. The van der Waals surface area contributed by atoms with E-state index in [2.05, 4.69) is 10.3 Å². The Kier molecular flexibility index (Phi) is 5.54. The van der Waals surface area contributed by atoms with Crippen LogP contribution in [-0.4, -0.2) is 27.5 Å². The van der Waals surface area contributed by atoms with Crippen LogP contribution >= 0.6 is 0 Å². The number of esters is 1. The molecule has 0 saturated carbocycles. The van der Waals surface area contributed by atoms with Crippen LogP contribution in [0.15, 0.2) is 53.6 Å². The van der Waals surface area contributed by atoms with Gasteiger partial charge in [0.1, 0.15) is 6.54 Å². The van der Waals surface area contributed by atoms with Gasteiger partial charge in [0.25, 0.3) is 11.5 Å². The summed E-state index contributed by atoms with van der Waals surface area (Å²) in [7, 11) is 0. The van der Waals surface area contributed by atoms with Crippen LogP contribution in [0.2, 0.25) is 0 Å². The summed E-state index contributed by atoms with van der Waals surface area (Å²) in [4.78, 5) is 41.1. The molecule has 0 radical (unpaired) electrons. The number of para-hydroxylation sites is 1. The summed E-state index contributed by atoms with van der Waals surface area (Å²) in [6.45, 7) is 4.97. The molecule has 0 aliphatic carbocycles. The number of carbonyl (C=O) groups is 2. The van der Waals surface area contributed by atoms with E-state index in [0.717, 1.165) is 11.1 Å². The maximum atomic E-state index is 12.4. The summed E-state index contributed by atoms with van der Waals surface area (Å²) in [5.41, 5.74) is 2.80. The molecule has 144 valence electrons. The third kappa shape index (κ3) is 4.25. The number of aryl methyl sites for hydroxylation is 2. The first kappa shape index (κ1) is 19.3. The van der Waals surface area contributed by atoms with E-state index in [0.29, 0.717) is 16.6 Å². The Morgan fingerprint density at radius 1 is 1.18 bits per heavy atom. The van der Waals surface area contributed by atoms with E-state index in [-0.39, 0.29) is 12.1 Å². The van der Waals surface area contributed by atoms with E-state index >= 15 is 0 Å². The molecule has 0 fully saturated rings. The number of carbonyl (C=O) groups excluding carboxylic acids is 2. The Morgan fingerprint density at radius 2 is 1.93 bits per heavy atom. The molecule has 0 saturated heterocycles. The lowest BCUT2D eigenvalue weighted by Crippen LogP contribution is -2.33. The number of rotatable bonds is 5. The second kappa shape index (κ2) is 8.04. The standard InChI is InChI=1S/C21H21N3O4/c1-13-8-9-14(2)18(10-13)23-20(26)15(3)28-19(25)11-24-12-22-17-7-5-4-6-16(17)21(24)27/h4-10,12,15H,11H2,1-3H3,(H,23,26)/t15-/m0/s1. The molecule has 0 bridgehead atoms. The number of nitrogens with zero attached hydrogens (tertiary/aromatic N) is 2. The zero-order valence-electron chi connectivity index (χ0n) is 15.9. The third-order valence-electron chi connectivity index (χ3n) is 4.36. The van der Waals surface area contributed by atoms with Gasteiger partial charge in [-0.1, -0.05) is 24.3 Å². The number of hydrogen-bond acceptors (Lipinski definition) is 5. The summed E-state index contributed by atoms with van der Waals surface area (Å²) in [6.07, 6.45) is 0.295. The molecular weight excluding hydrogens is 358 g/mol. The highest BCUT2D eigenvalue weighted by Crippen LogP contribution is 2.17. The van der Waals surface area contributed by atoms with Gasteiger partial charge in [-0.15, -0.1) is 0 Å². The molecule has 0 aliphatic heterocycles. The molecule has 1 aromatic heterocycles. The molecule has 7 heteroatoms. The molecule has 28 heavy (non-hydrogen) atoms. The van der Waals surface area contributed by atoms with Gasteiger partial charge in [0, 0.05) is 5.69 Å². The van der Waals surface area contributed by atoms with Gasteiger partial charge < -0.3 is 10.1 Å². The summed E-state index contributed by atoms with van der Waals surface area (Å²) in [5, 5.41) is 3.17. The molecule has 1 atom stereocenters. The van der Waals surface area contributed by atoms with E-state index in [9.17, 15) is 14.4 Å². The van der Waals surface area contributed by atoms with Crippen molar-refractivity contribution < 1.29 is 14.3 Å². The maximum Gasteiger partial charge on any atom is 0.326 e. The van der Waals surface area contributed by atoms with E-state index < -0.39 is 18.0 Å². The summed E-state index contributed by atoms with van der Waals surface area (Å²) < 4.78 is 6.35. The van der Waals surface area contributed by atoms with Gasteiger partial charge in [0.15, 0.2) is 6.10 Å². The SMILES string of the molecule is Cc1ccc(C)c(NC(=O)[C@H](C)OC(=O)Cn2cnc3ccccc3c2=O)c1. The van der Waals surface area contributed by atoms with Crippen LogP contribution in [0.25, 0.3) is 10.9 Å². The van der Waals surface area contributed by atoms with Crippen molar-refractivity contribution in [3.63, 3.8) is 0 Å². The lowest BCUT2D eigenvalue weighted by molar-refractivity contribution is -0.153. The van der Waals surface area contributed by atoms with Crippen LogP contribution in [0.3, 0.4) is 0 Å². The van der Waals surface area contributed by atoms with Crippen LogP contribution in [-0.2, 0) is 20.9 Å². The molecule has 0 unspecified atom stereocenters. The maximum absolute atomic E-state index is 12.4. The second-order valence-corrected chi connectivity index (χ2v) is 6.63. The smallest absolute Gasteiger partial charge is 0.326 e. The number of hydrogen-bond donors (Lipinski definition) is 1. The van der Waals surface area contributed by atoms with Crippen LogP contribution < -0.4 is 10.9 Å². The average Bonchev–Trinajstić information content (AvgIpc) is 2.67. The number of anilines is 1. The van der Waals surface area contributed by atoms with Gasteiger partial charge in [-0.25, -0.2) is 4.98 Å². The van der Waals surface area contributed by atoms with Gasteiger partial charge in [-0.2, -0.15) is 0 Å². The van der Waals surface area contributed by atoms with Gasteiger partial charge in [0.05, 0.1) is 17.2 Å². The number of aromatic nitrogens is 2. The monoisotopic (exact) mass is 379 g/mol. The predicted molar refractivity (Wildman–Crippen MR) is 106 cm³/mol. The highest BCUT2D eigenvalue weighted by atomic mass is 16.5. The summed E-state index contributed by atoms with van der Waals surface area (Å²) >= 11 is 0. The van der Waals surface area contributed by atoms with Crippen molar-refractivity contribution in [2.45, 2.75) is 33.4 Å². The predicted octanol–water partition coefficient (Wildman–Crippen LogP) is 2.58. The number of amides is 1. The Balaban J connectivity index is 1.66. The van der Waals surface area contributed by atoms with Gasteiger partial charge in [-0.3, -0.25) is 19.0 Å². The van der Waals surface area contributed by atoms with E-state index in [1.807, 2.05) is 32.0 Å². The molecule has 3 aromatic rings. The normalized spacial score (nSPS) is 11.8. The molecule has 7 nitrogen and oxygen atoms in total. The first-order valence-electron chi connectivity index (χ1n) is 8.87. The number of fused-ring (bicyclic) bond motifs is 1. The molecule has 2 aromatic carbocycles. The van der Waals surface area contributed by atoms with Crippen molar-refractivity contribution in [1.29, 1.82) is 0 Å². The molecule has 0 aliphatic rings. The molecule has 1 N–H and O–H groups in total. The quantitative estimate of drug-likeness (QED) is 0.688. The van der Waals surface area contributed by atoms with Crippen molar-refractivity contribution in [2.24, 2.45) is 0 Å². The minimum Gasteiger partial charge on any atom is -0.451 e. The van der Waals surface area contributed by atoms with Crippen molar-refractivity contribution in [2.75, 3.05) is 5.32 Å². The third-order valence-corrected chi connectivity index (χ3v) is 4.36. The highest BCUT2D eigenvalue weighted by molar-refractivity contribution is 5.95. The number of benzene rings is 2. The van der Waals surface area contributed by atoms with Crippen LogP contribution in [0.4, 0.5) is 5.69 Å². The average molecular weight is 379 g/mol. The number of nitrogens with one attached hydrogen (secondary N) is 1. The zero-order chi connectivity index (χ0) is 20.3. The molecule has 3 rings (SSSR count). The summed E-state index contributed by atoms with van der Waals surface area (Å²) in [5.74, 6) is -1.13. The molecule has 0 spiro atoms.